The number of likely N-dealkylation sites (tertiary alicyclic amines) is 1. The molecule has 100 valence electrons. The highest BCUT2D eigenvalue weighted by Crippen LogP contribution is 2.22. The highest BCUT2D eigenvalue weighted by molar-refractivity contribution is 7.99. The van der Waals surface area contributed by atoms with Crippen molar-refractivity contribution in [1.82, 2.24) is 10.2 Å². The molecule has 1 N–H and O–H groups in total. The summed E-state index contributed by atoms with van der Waals surface area (Å²) in [6.45, 7) is 7.54. The van der Waals surface area contributed by atoms with Crippen LogP contribution in [0.15, 0.2) is 0 Å². The molecule has 2 aliphatic rings. The van der Waals surface area contributed by atoms with Gasteiger partial charge in [0.2, 0.25) is 0 Å². The number of thioether (sulfide) groups is 1. The van der Waals surface area contributed by atoms with Gasteiger partial charge in [-0.25, -0.2) is 0 Å². The van der Waals surface area contributed by atoms with Crippen molar-refractivity contribution in [1.29, 1.82) is 0 Å². The van der Waals surface area contributed by atoms with Gasteiger partial charge in [-0.05, 0) is 52.2 Å². The fourth-order valence-electron chi connectivity index (χ4n) is 2.97. The van der Waals surface area contributed by atoms with E-state index in [-0.39, 0.29) is 0 Å². The van der Waals surface area contributed by atoms with E-state index in [1.165, 1.54) is 70.5 Å². The Morgan fingerprint density at radius 3 is 2.76 bits per heavy atom. The first kappa shape index (κ1) is 13.7. The summed E-state index contributed by atoms with van der Waals surface area (Å²) in [5, 5.41) is 4.38. The summed E-state index contributed by atoms with van der Waals surface area (Å²) in [5.41, 5.74) is 0. The van der Waals surface area contributed by atoms with E-state index in [1.54, 1.807) is 0 Å². The third kappa shape index (κ3) is 4.80. The van der Waals surface area contributed by atoms with Crippen LogP contribution in [0.3, 0.4) is 0 Å². The zero-order chi connectivity index (χ0) is 11.9. The molecule has 2 saturated heterocycles. The highest BCUT2D eigenvalue weighted by atomic mass is 32.2. The zero-order valence-electron chi connectivity index (χ0n) is 11.3. The van der Waals surface area contributed by atoms with Gasteiger partial charge in [0.25, 0.3) is 0 Å². The normalized spacial score (nSPS) is 29.1. The van der Waals surface area contributed by atoms with Gasteiger partial charge in [0, 0.05) is 23.6 Å². The van der Waals surface area contributed by atoms with Crippen LogP contribution < -0.4 is 5.32 Å². The van der Waals surface area contributed by atoms with Crippen LogP contribution in [0.25, 0.3) is 0 Å². The molecule has 2 nitrogen and oxygen atoms in total. The van der Waals surface area contributed by atoms with Gasteiger partial charge in [-0.2, -0.15) is 11.8 Å². The first-order chi connectivity index (χ1) is 8.36. The average molecular weight is 256 g/mol. The minimum Gasteiger partial charge on any atom is -0.317 e. The molecular weight excluding hydrogens is 228 g/mol. The van der Waals surface area contributed by atoms with Crippen molar-refractivity contribution in [3.8, 4) is 0 Å². The summed E-state index contributed by atoms with van der Waals surface area (Å²) < 4.78 is 0. The predicted octanol–water partition coefficient (Wildman–Crippen LogP) is 2.74. The number of hydrogen-bond donors (Lipinski definition) is 1. The second kappa shape index (κ2) is 7.65. The highest BCUT2D eigenvalue weighted by Gasteiger charge is 2.18. The molecule has 0 aromatic carbocycles. The summed E-state index contributed by atoms with van der Waals surface area (Å²) in [6.07, 6.45) is 8.47. The monoisotopic (exact) mass is 256 g/mol. The van der Waals surface area contributed by atoms with Crippen LogP contribution in [0.4, 0.5) is 0 Å². The maximum atomic E-state index is 3.45. The van der Waals surface area contributed by atoms with Gasteiger partial charge in [0.1, 0.15) is 0 Å². The molecule has 0 aromatic rings. The van der Waals surface area contributed by atoms with Crippen LogP contribution >= 0.6 is 11.8 Å². The molecule has 0 aliphatic carbocycles. The lowest BCUT2D eigenvalue weighted by Gasteiger charge is -2.28. The fourth-order valence-corrected chi connectivity index (χ4v) is 4.21. The second-order valence-corrected chi connectivity index (χ2v) is 6.96. The largest absolute Gasteiger partial charge is 0.317 e. The van der Waals surface area contributed by atoms with Gasteiger partial charge in [-0.1, -0.05) is 12.8 Å². The average Bonchev–Trinajstić information content (AvgIpc) is 2.56. The van der Waals surface area contributed by atoms with Crippen molar-refractivity contribution < 1.29 is 0 Å². The lowest BCUT2D eigenvalue weighted by molar-refractivity contribution is 0.227. The molecule has 2 fully saturated rings. The Morgan fingerprint density at radius 1 is 1.12 bits per heavy atom. The number of nitrogens with one attached hydrogen (secondary N) is 1. The third-order valence-electron chi connectivity index (χ3n) is 4.21. The Bertz CT molecular complexity index is 204. The number of piperidine rings is 1. The first-order valence-electron chi connectivity index (χ1n) is 7.42. The van der Waals surface area contributed by atoms with Gasteiger partial charge in [0.05, 0.1) is 0 Å². The van der Waals surface area contributed by atoms with Gasteiger partial charge in [-0.15, -0.1) is 0 Å². The maximum Gasteiger partial charge on any atom is 0.00753 e. The van der Waals surface area contributed by atoms with E-state index in [9.17, 15) is 0 Å². The lowest BCUT2D eigenvalue weighted by atomic mass is 10.1. The Labute approximate surface area is 111 Å². The Kier molecular flexibility index (Phi) is 6.16. The van der Waals surface area contributed by atoms with E-state index < -0.39 is 0 Å². The summed E-state index contributed by atoms with van der Waals surface area (Å²) in [7, 11) is 0. The van der Waals surface area contributed by atoms with Gasteiger partial charge < -0.3 is 5.32 Å². The molecule has 1 atom stereocenters. The first-order valence-corrected chi connectivity index (χ1v) is 8.47. The van der Waals surface area contributed by atoms with Crippen LogP contribution in [0.1, 0.15) is 45.4 Å². The Balaban J connectivity index is 1.62. The minimum absolute atomic E-state index is 0.825. The van der Waals surface area contributed by atoms with Crippen LogP contribution in [-0.4, -0.2) is 48.1 Å². The minimum atomic E-state index is 0.825. The Hall–Kier alpha value is 0.270. The van der Waals surface area contributed by atoms with Crippen LogP contribution in [0.5, 0.6) is 0 Å². The molecule has 0 bridgehead atoms. The van der Waals surface area contributed by atoms with Crippen molar-refractivity contribution >= 4 is 11.8 Å². The van der Waals surface area contributed by atoms with Crippen molar-refractivity contribution in [2.45, 2.75) is 56.7 Å². The van der Waals surface area contributed by atoms with Gasteiger partial charge >= 0.3 is 0 Å². The van der Waals surface area contributed by atoms with Crippen LogP contribution in [0, 0.1) is 0 Å². The van der Waals surface area contributed by atoms with E-state index >= 15 is 0 Å². The topological polar surface area (TPSA) is 15.3 Å². The molecule has 17 heavy (non-hydrogen) atoms. The zero-order valence-corrected chi connectivity index (χ0v) is 12.1. The number of rotatable bonds is 4. The Morgan fingerprint density at radius 2 is 1.94 bits per heavy atom. The summed E-state index contributed by atoms with van der Waals surface area (Å²) in [5.74, 6) is 1.34. The molecule has 1 unspecified atom stereocenters. The number of nitrogens with zero attached hydrogens (tertiary/aromatic N) is 1. The van der Waals surface area contributed by atoms with E-state index in [2.05, 4.69) is 28.9 Å². The smallest absolute Gasteiger partial charge is 0.00753 e. The van der Waals surface area contributed by atoms with E-state index in [1.807, 2.05) is 0 Å². The standard InChI is InChI=1S/C14H28N2S/c1-13-5-3-2-4-10-16(13)11-12-17-14-6-8-15-9-7-14/h13-15H,2-12H2,1H3. The maximum absolute atomic E-state index is 3.45. The lowest BCUT2D eigenvalue weighted by Crippen LogP contribution is -2.35. The van der Waals surface area contributed by atoms with Crippen molar-refractivity contribution in [2.75, 3.05) is 31.9 Å². The summed E-state index contributed by atoms with van der Waals surface area (Å²) in [4.78, 5) is 2.72. The summed E-state index contributed by atoms with van der Waals surface area (Å²) >= 11 is 2.22. The molecule has 2 aliphatic heterocycles. The third-order valence-corrected chi connectivity index (χ3v) is 5.57. The van der Waals surface area contributed by atoms with Crippen LogP contribution in [0.2, 0.25) is 0 Å². The van der Waals surface area contributed by atoms with E-state index in [4.69, 9.17) is 0 Å². The molecule has 0 spiro atoms. The fraction of sp³-hybridized carbons (Fsp3) is 1.00. The van der Waals surface area contributed by atoms with E-state index in [0.717, 1.165) is 11.3 Å². The summed E-state index contributed by atoms with van der Waals surface area (Å²) in [6, 6.07) is 0.825. The van der Waals surface area contributed by atoms with Crippen LogP contribution in [-0.2, 0) is 0 Å². The van der Waals surface area contributed by atoms with Gasteiger partial charge in [-0.3, -0.25) is 4.90 Å². The molecule has 2 heterocycles. The molecule has 0 aromatic heterocycles. The van der Waals surface area contributed by atoms with Crippen molar-refractivity contribution in [3.63, 3.8) is 0 Å². The van der Waals surface area contributed by atoms with Crippen molar-refractivity contribution in [3.05, 3.63) is 0 Å². The number of hydrogen-bond acceptors (Lipinski definition) is 3. The quantitative estimate of drug-likeness (QED) is 0.832. The molecule has 2 rings (SSSR count). The van der Waals surface area contributed by atoms with Gasteiger partial charge in [0.15, 0.2) is 0 Å². The molecule has 3 heteroatoms. The van der Waals surface area contributed by atoms with E-state index in [0.29, 0.717) is 0 Å². The molecule has 0 saturated carbocycles. The SMILES string of the molecule is CC1CCCCCN1CCSC1CCNCC1. The molecule has 0 radical (unpaired) electrons. The second-order valence-electron chi connectivity index (χ2n) is 5.55. The molecular formula is C14H28N2S. The molecule has 0 amide bonds. The van der Waals surface area contributed by atoms with Crippen molar-refractivity contribution in [2.24, 2.45) is 0 Å². The predicted molar refractivity (Wildman–Crippen MR) is 77.9 cm³/mol.